The minimum absolute atomic E-state index is 0.0997. The van der Waals surface area contributed by atoms with Gasteiger partial charge < -0.3 is 10.1 Å². The first-order chi connectivity index (χ1) is 9.81. The van der Waals surface area contributed by atoms with Crippen LogP contribution in [0.2, 0.25) is 0 Å². The molecule has 5 heteroatoms. The van der Waals surface area contributed by atoms with Gasteiger partial charge in [-0.2, -0.15) is 0 Å². The lowest BCUT2D eigenvalue weighted by molar-refractivity contribution is 0.0196. The molecule has 0 amide bonds. The second-order valence-corrected chi connectivity index (χ2v) is 8.31. The fourth-order valence-electron chi connectivity index (χ4n) is 2.60. The van der Waals surface area contributed by atoms with Crippen molar-refractivity contribution < 1.29 is 13.2 Å². The number of hydrogen-bond acceptors (Lipinski definition) is 4. The quantitative estimate of drug-likeness (QED) is 0.876. The van der Waals surface area contributed by atoms with Gasteiger partial charge in [-0.3, -0.25) is 0 Å². The first-order valence-corrected chi connectivity index (χ1v) is 9.13. The summed E-state index contributed by atoms with van der Waals surface area (Å²) < 4.78 is 30.4. The molecule has 1 heterocycles. The van der Waals surface area contributed by atoms with E-state index in [9.17, 15) is 8.42 Å². The number of hydrogen-bond donors (Lipinski definition) is 1. The topological polar surface area (TPSA) is 55.4 Å². The van der Waals surface area contributed by atoms with Gasteiger partial charge in [0.15, 0.2) is 9.84 Å². The van der Waals surface area contributed by atoms with E-state index in [1.165, 1.54) is 0 Å². The van der Waals surface area contributed by atoms with Crippen molar-refractivity contribution in [1.29, 1.82) is 0 Å². The zero-order valence-electron chi connectivity index (χ0n) is 13.1. The average Bonchev–Trinajstić information content (AvgIpc) is 2.84. The van der Waals surface area contributed by atoms with Crippen LogP contribution in [0.3, 0.4) is 0 Å². The first kappa shape index (κ1) is 16.5. The molecule has 1 aromatic rings. The van der Waals surface area contributed by atoms with Gasteiger partial charge in [-0.25, -0.2) is 8.42 Å². The Hall–Kier alpha value is -0.910. The highest BCUT2D eigenvalue weighted by Crippen LogP contribution is 2.24. The molecule has 1 aliphatic rings. The van der Waals surface area contributed by atoms with E-state index in [1.807, 2.05) is 26.0 Å². The van der Waals surface area contributed by atoms with Crippen LogP contribution < -0.4 is 5.32 Å². The Morgan fingerprint density at radius 2 is 2.00 bits per heavy atom. The summed E-state index contributed by atoms with van der Waals surface area (Å²) in [7, 11) is -3.25. The lowest BCUT2D eigenvalue weighted by Crippen LogP contribution is -2.43. The number of rotatable bonds is 6. The zero-order chi connectivity index (χ0) is 15.5. The zero-order valence-corrected chi connectivity index (χ0v) is 13.9. The molecule has 0 bridgehead atoms. The molecule has 4 nitrogen and oxygen atoms in total. The van der Waals surface area contributed by atoms with Gasteiger partial charge in [0, 0.05) is 19.2 Å². The van der Waals surface area contributed by atoms with Crippen LogP contribution in [0.25, 0.3) is 0 Å². The van der Waals surface area contributed by atoms with Crippen molar-refractivity contribution in [3.8, 4) is 0 Å². The van der Waals surface area contributed by atoms with Crippen LogP contribution in [0.5, 0.6) is 0 Å². The van der Waals surface area contributed by atoms with Crippen molar-refractivity contribution in [2.45, 2.75) is 50.2 Å². The predicted octanol–water partition coefficient (Wildman–Crippen LogP) is 2.32. The summed E-state index contributed by atoms with van der Waals surface area (Å²) in [6, 6.07) is 6.92. The van der Waals surface area contributed by atoms with Crippen LogP contribution in [0.1, 0.15) is 32.3 Å². The maximum absolute atomic E-state index is 12.4. The van der Waals surface area contributed by atoms with E-state index < -0.39 is 9.84 Å². The summed E-state index contributed by atoms with van der Waals surface area (Å²) in [4.78, 5) is 0.394. The van der Waals surface area contributed by atoms with Crippen LogP contribution in [-0.2, 0) is 14.6 Å². The monoisotopic (exact) mass is 311 g/mol. The molecule has 0 aromatic heterocycles. The average molecular weight is 311 g/mol. The minimum atomic E-state index is -3.25. The van der Waals surface area contributed by atoms with Crippen LogP contribution in [-0.4, -0.2) is 39.0 Å². The molecule has 0 unspecified atom stereocenters. The van der Waals surface area contributed by atoms with Crippen LogP contribution >= 0.6 is 0 Å². The Labute approximate surface area is 127 Å². The van der Waals surface area contributed by atoms with Gasteiger partial charge in [-0.05, 0) is 45.7 Å². The molecule has 0 aliphatic carbocycles. The van der Waals surface area contributed by atoms with E-state index in [0.717, 1.165) is 25.0 Å². The number of ether oxygens (including phenoxy) is 1. The summed E-state index contributed by atoms with van der Waals surface area (Å²) in [6.45, 7) is 7.42. The number of benzene rings is 1. The molecule has 21 heavy (non-hydrogen) atoms. The van der Waals surface area contributed by atoms with Crippen molar-refractivity contribution in [1.82, 2.24) is 5.32 Å². The second kappa shape index (κ2) is 6.46. The summed E-state index contributed by atoms with van der Waals surface area (Å²) in [5.41, 5.74) is 0.911. The SMILES string of the molecule is Cc1ccc(S(=O)(=O)C[C@H](C)NC[C@]2(C)CCCO2)cc1. The van der Waals surface area contributed by atoms with Gasteiger partial charge in [0.1, 0.15) is 0 Å². The van der Waals surface area contributed by atoms with Crippen molar-refractivity contribution in [3.05, 3.63) is 29.8 Å². The standard InChI is InChI=1S/C16H25NO3S/c1-13-5-7-15(8-6-13)21(18,19)11-14(2)17-12-16(3)9-4-10-20-16/h5-8,14,17H,4,9-12H2,1-3H3/t14-,16-/m0/s1. The molecule has 2 atom stereocenters. The Bertz CT molecular complexity index is 560. The molecule has 1 fully saturated rings. The lowest BCUT2D eigenvalue weighted by Gasteiger charge is -2.26. The van der Waals surface area contributed by atoms with Crippen molar-refractivity contribution >= 4 is 9.84 Å². The molecule has 2 rings (SSSR count). The molecular formula is C16H25NO3S. The van der Waals surface area contributed by atoms with Crippen molar-refractivity contribution in [2.75, 3.05) is 18.9 Å². The van der Waals surface area contributed by atoms with Gasteiger partial charge in [0.2, 0.25) is 0 Å². The van der Waals surface area contributed by atoms with E-state index in [2.05, 4.69) is 12.2 Å². The summed E-state index contributed by atoms with van der Waals surface area (Å²) in [5.74, 6) is 0.103. The number of sulfone groups is 1. The summed E-state index contributed by atoms with van der Waals surface area (Å²) in [5, 5.41) is 3.30. The van der Waals surface area contributed by atoms with E-state index in [0.29, 0.717) is 11.4 Å². The fraction of sp³-hybridized carbons (Fsp3) is 0.625. The van der Waals surface area contributed by atoms with Crippen molar-refractivity contribution in [3.63, 3.8) is 0 Å². The Morgan fingerprint density at radius 3 is 2.57 bits per heavy atom. The molecule has 0 radical (unpaired) electrons. The molecular weight excluding hydrogens is 286 g/mol. The van der Waals surface area contributed by atoms with Crippen LogP contribution in [0.15, 0.2) is 29.2 Å². The molecule has 1 aromatic carbocycles. The van der Waals surface area contributed by atoms with Crippen LogP contribution in [0.4, 0.5) is 0 Å². The molecule has 1 aliphatic heterocycles. The smallest absolute Gasteiger partial charge is 0.179 e. The summed E-state index contributed by atoms with van der Waals surface area (Å²) in [6.07, 6.45) is 2.10. The van der Waals surface area contributed by atoms with Gasteiger partial charge in [-0.1, -0.05) is 17.7 Å². The van der Waals surface area contributed by atoms with E-state index >= 15 is 0 Å². The van der Waals surface area contributed by atoms with E-state index in [4.69, 9.17) is 4.74 Å². The third kappa shape index (κ3) is 4.53. The molecule has 0 saturated carbocycles. The third-order valence-electron chi connectivity index (χ3n) is 3.97. The number of nitrogens with one attached hydrogen (secondary N) is 1. The lowest BCUT2D eigenvalue weighted by atomic mass is 10.0. The van der Waals surface area contributed by atoms with E-state index in [1.54, 1.807) is 12.1 Å². The Morgan fingerprint density at radius 1 is 1.33 bits per heavy atom. The second-order valence-electron chi connectivity index (χ2n) is 6.28. The third-order valence-corrected chi connectivity index (χ3v) is 5.90. The fourth-order valence-corrected chi connectivity index (χ4v) is 4.12. The van der Waals surface area contributed by atoms with E-state index in [-0.39, 0.29) is 17.4 Å². The van der Waals surface area contributed by atoms with Gasteiger partial charge >= 0.3 is 0 Å². The predicted molar refractivity (Wildman–Crippen MR) is 84.3 cm³/mol. The Balaban J connectivity index is 1.92. The highest BCUT2D eigenvalue weighted by atomic mass is 32.2. The normalized spacial score (nSPS) is 24.1. The van der Waals surface area contributed by atoms with Gasteiger partial charge in [-0.15, -0.1) is 0 Å². The van der Waals surface area contributed by atoms with Crippen LogP contribution in [0, 0.1) is 6.92 Å². The largest absolute Gasteiger partial charge is 0.374 e. The highest BCUT2D eigenvalue weighted by Gasteiger charge is 2.30. The molecule has 0 spiro atoms. The summed E-state index contributed by atoms with van der Waals surface area (Å²) >= 11 is 0. The van der Waals surface area contributed by atoms with Gasteiger partial charge in [0.05, 0.1) is 16.2 Å². The minimum Gasteiger partial charge on any atom is -0.374 e. The maximum atomic E-state index is 12.4. The Kier molecular flexibility index (Phi) is 5.07. The maximum Gasteiger partial charge on any atom is 0.179 e. The van der Waals surface area contributed by atoms with Gasteiger partial charge in [0.25, 0.3) is 0 Å². The molecule has 1 N–H and O–H groups in total. The molecule has 118 valence electrons. The molecule has 1 saturated heterocycles. The highest BCUT2D eigenvalue weighted by molar-refractivity contribution is 7.91. The number of aryl methyl sites for hydroxylation is 1. The van der Waals surface area contributed by atoms with Crippen molar-refractivity contribution in [2.24, 2.45) is 0 Å². The first-order valence-electron chi connectivity index (χ1n) is 7.48.